The van der Waals surface area contributed by atoms with Gasteiger partial charge in [0.2, 0.25) is 0 Å². The minimum atomic E-state index is -0.530. The van der Waals surface area contributed by atoms with Crippen LogP contribution in [-0.2, 0) is 11.3 Å². The zero-order valence-electron chi connectivity index (χ0n) is 11.9. The highest BCUT2D eigenvalue weighted by Crippen LogP contribution is 2.36. The van der Waals surface area contributed by atoms with Crippen LogP contribution in [0.2, 0.25) is 10.2 Å². The quantitative estimate of drug-likeness (QED) is 0.612. The molecule has 0 bridgehead atoms. The fourth-order valence-electron chi connectivity index (χ4n) is 1.76. The van der Waals surface area contributed by atoms with E-state index in [2.05, 4.69) is 4.98 Å². The largest absolute Gasteiger partial charge is 0.493 e. The van der Waals surface area contributed by atoms with Gasteiger partial charge in [-0.15, -0.1) is 0 Å². The number of benzene rings is 1. The number of carbonyl (C=O) groups is 1. The molecule has 5 nitrogen and oxygen atoms in total. The van der Waals surface area contributed by atoms with Crippen LogP contribution in [0.15, 0.2) is 30.5 Å². The summed E-state index contributed by atoms with van der Waals surface area (Å²) in [6.45, 7) is 0.0783. The summed E-state index contributed by atoms with van der Waals surface area (Å²) in [6, 6.07) is 6.32. The predicted octanol–water partition coefficient (Wildman–Crippen LogP) is 3.76. The maximum Gasteiger partial charge on any atom is 0.338 e. The maximum atomic E-state index is 12.1. The average Bonchev–Trinajstić information content (AvgIpc) is 2.53. The van der Waals surface area contributed by atoms with Crippen LogP contribution in [0.1, 0.15) is 15.9 Å². The van der Waals surface area contributed by atoms with Crippen LogP contribution in [-0.4, -0.2) is 25.2 Å². The highest BCUT2D eigenvalue weighted by molar-refractivity contribution is 6.32. The van der Waals surface area contributed by atoms with Gasteiger partial charge in [0.25, 0.3) is 0 Å². The SMILES string of the molecule is COc1cc(C(=O)OCc2ccc(Cl)nc2)cc(Cl)c1OC. The van der Waals surface area contributed by atoms with Crippen molar-refractivity contribution >= 4 is 29.2 Å². The molecule has 1 aromatic carbocycles. The number of hydrogen-bond donors (Lipinski definition) is 0. The highest BCUT2D eigenvalue weighted by Gasteiger charge is 2.16. The Bertz CT molecular complexity index is 674. The number of methoxy groups -OCH3 is 2. The lowest BCUT2D eigenvalue weighted by atomic mass is 10.2. The third kappa shape index (κ3) is 3.81. The van der Waals surface area contributed by atoms with Crippen molar-refractivity contribution in [1.29, 1.82) is 0 Å². The molecule has 0 fully saturated rings. The number of hydrogen-bond acceptors (Lipinski definition) is 5. The molecule has 0 saturated heterocycles. The Morgan fingerprint density at radius 1 is 1.18 bits per heavy atom. The van der Waals surface area contributed by atoms with Crippen LogP contribution in [0.4, 0.5) is 0 Å². The minimum absolute atomic E-state index is 0.0783. The summed E-state index contributed by atoms with van der Waals surface area (Å²) in [5.74, 6) is 0.190. The fraction of sp³-hybridized carbons (Fsp3) is 0.200. The summed E-state index contributed by atoms with van der Waals surface area (Å²) >= 11 is 11.7. The van der Waals surface area contributed by atoms with E-state index in [-0.39, 0.29) is 17.2 Å². The van der Waals surface area contributed by atoms with Crippen molar-refractivity contribution in [3.63, 3.8) is 0 Å². The molecule has 0 spiro atoms. The minimum Gasteiger partial charge on any atom is -0.493 e. The second-order valence-electron chi connectivity index (χ2n) is 4.26. The highest BCUT2D eigenvalue weighted by atomic mass is 35.5. The summed E-state index contributed by atoms with van der Waals surface area (Å²) in [6.07, 6.45) is 1.54. The van der Waals surface area contributed by atoms with Gasteiger partial charge in [0.1, 0.15) is 11.8 Å². The van der Waals surface area contributed by atoms with Gasteiger partial charge < -0.3 is 14.2 Å². The van der Waals surface area contributed by atoms with Crippen molar-refractivity contribution in [3.8, 4) is 11.5 Å². The number of rotatable bonds is 5. The average molecular weight is 342 g/mol. The van der Waals surface area contributed by atoms with Gasteiger partial charge >= 0.3 is 5.97 Å². The molecule has 0 amide bonds. The topological polar surface area (TPSA) is 57.7 Å². The predicted molar refractivity (Wildman–Crippen MR) is 82.9 cm³/mol. The molecule has 7 heteroatoms. The van der Waals surface area contributed by atoms with E-state index in [1.54, 1.807) is 12.1 Å². The Morgan fingerprint density at radius 3 is 2.55 bits per heavy atom. The molecule has 1 heterocycles. The molecular formula is C15H13Cl2NO4. The van der Waals surface area contributed by atoms with E-state index in [1.165, 1.54) is 32.5 Å². The molecule has 0 atom stereocenters. The molecule has 0 aliphatic rings. The van der Waals surface area contributed by atoms with E-state index < -0.39 is 5.97 Å². The van der Waals surface area contributed by atoms with Gasteiger partial charge in [0, 0.05) is 11.8 Å². The fourth-order valence-corrected chi connectivity index (χ4v) is 2.16. The van der Waals surface area contributed by atoms with Crippen molar-refractivity contribution in [2.24, 2.45) is 0 Å². The van der Waals surface area contributed by atoms with Crippen molar-refractivity contribution in [2.45, 2.75) is 6.61 Å². The Hall–Kier alpha value is -1.98. The van der Waals surface area contributed by atoms with Gasteiger partial charge in [-0.05, 0) is 18.2 Å². The number of carbonyl (C=O) groups excluding carboxylic acids is 1. The summed E-state index contributed by atoms with van der Waals surface area (Å²) < 4.78 is 15.5. The van der Waals surface area contributed by atoms with Gasteiger partial charge in [-0.2, -0.15) is 0 Å². The Labute approximate surface area is 137 Å². The molecule has 0 radical (unpaired) electrons. The summed E-state index contributed by atoms with van der Waals surface area (Å²) in [7, 11) is 2.93. The van der Waals surface area contributed by atoms with E-state index in [1.807, 2.05) is 0 Å². The first kappa shape index (κ1) is 16.4. The summed E-state index contributed by atoms with van der Waals surface area (Å²) in [5.41, 5.74) is 0.994. The summed E-state index contributed by atoms with van der Waals surface area (Å²) in [5, 5.41) is 0.642. The van der Waals surface area contributed by atoms with Crippen molar-refractivity contribution in [3.05, 3.63) is 51.8 Å². The second kappa shape index (κ2) is 7.33. The van der Waals surface area contributed by atoms with E-state index in [9.17, 15) is 4.79 Å². The van der Waals surface area contributed by atoms with Crippen LogP contribution in [0, 0.1) is 0 Å². The molecule has 0 aliphatic heterocycles. The van der Waals surface area contributed by atoms with E-state index >= 15 is 0 Å². The first-order valence-corrected chi connectivity index (χ1v) is 6.99. The standard InChI is InChI=1S/C15H13Cl2NO4/c1-20-12-6-10(5-11(16)14(12)21-2)15(19)22-8-9-3-4-13(17)18-7-9/h3-7H,8H2,1-2H3. The Morgan fingerprint density at radius 2 is 1.95 bits per heavy atom. The van der Waals surface area contributed by atoms with Gasteiger partial charge in [-0.3, -0.25) is 0 Å². The normalized spacial score (nSPS) is 10.2. The lowest BCUT2D eigenvalue weighted by Gasteiger charge is -2.11. The van der Waals surface area contributed by atoms with E-state index in [0.29, 0.717) is 16.7 Å². The first-order chi connectivity index (χ1) is 10.5. The molecule has 1 aromatic heterocycles. The van der Waals surface area contributed by atoms with Crippen LogP contribution in [0.5, 0.6) is 11.5 Å². The number of nitrogens with zero attached hydrogens (tertiary/aromatic N) is 1. The Balaban J connectivity index is 2.12. The molecular weight excluding hydrogens is 329 g/mol. The Kier molecular flexibility index (Phi) is 5.46. The smallest absolute Gasteiger partial charge is 0.338 e. The second-order valence-corrected chi connectivity index (χ2v) is 5.05. The van der Waals surface area contributed by atoms with Gasteiger partial charge in [-0.1, -0.05) is 29.3 Å². The lowest BCUT2D eigenvalue weighted by Crippen LogP contribution is -2.06. The van der Waals surface area contributed by atoms with Crippen molar-refractivity contribution in [2.75, 3.05) is 14.2 Å². The van der Waals surface area contributed by atoms with Gasteiger partial charge in [0.15, 0.2) is 11.5 Å². The van der Waals surface area contributed by atoms with E-state index in [4.69, 9.17) is 37.4 Å². The zero-order chi connectivity index (χ0) is 16.1. The molecule has 0 N–H and O–H groups in total. The molecule has 2 aromatic rings. The van der Waals surface area contributed by atoms with Crippen LogP contribution in [0.3, 0.4) is 0 Å². The third-order valence-electron chi connectivity index (χ3n) is 2.83. The maximum absolute atomic E-state index is 12.1. The molecule has 0 unspecified atom stereocenters. The van der Waals surface area contributed by atoms with E-state index in [0.717, 1.165) is 5.56 Å². The number of halogens is 2. The van der Waals surface area contributed by atoms with Gasteiger partial charge in [0.05, 0.1) is 24.8 Å². The third-order valence-corrected chi connectivity index (χ3v) is 3.33. The number of pyridine rings is 1. The number of aromatic nitrogens is 1. The molecule has 0 saturated carbocycles. The number of esters is 1. The van der Waals surface area contributed by atoms with Crippen molar-refractivity contribution < 1.29 is 19.0 Å². The molecule has 2 rings (SSSR count). The monoisotopic (exact) mass is 341 g/mol. The summed E-state index contributed by atoms with van der Waals surface area (Å²) in [4.78, 5) is 16.0. The van der Waals surface area contributed by atoms with Crippen molar-refractivity contribution in [1.82, 2.24) is 4.98 Å². The van der Waals surface area contributed by atoms with Gasteiger partial charge in [-0.25, -0.2) is 9.78 Å². The van der Waals surface area contributed by atoms with Crippen LogP contribution < -0.4 is 9.47 Å². The molecule has 116 valence electrons. The van der Waals surface area contributed by atoms with Crippen LogP contribution >= 0.6 is 23.2 Å². The zero-order valence-corrected chi connectivity index (χ0v) is 13.4. The van der Waals surface area contributed by atoms with Crippen LogP contribution in [0.25, 0.3) is 0 Å². The molecule has 0 aliphatic carbocycles. The first-order valence-electron chi connectivity index (χ1n) is 6.24. The molecule has 22 heavy (non-hydrogen) atoms. The number of ether oxygens (including phenoxy) is 3. The lowest BCUT2D eigenvalue weighted by molar-refractivity contribution is 0.0472.